The molecule has 1 aliphatic heterocycles. The molecule has 8 heteroatoms. The average molecular weight is 379 g/mol. The first-order chi connectivity index (χ1) is 13.7. The number of aliphatic hydroxyl groups is 1. The van der Waals surface area contributed by atoms with Crippen LogP contribution >= 0.6 is 0 Å². The summed E-state index contributed by atoms with van der Waals surface area (Å²) in [6, 6.07) is 8.76. The van der Waals surface area contributed by atoms with Gasteiger partial charge in [0, 0.05) is 42.0 Å². The molecular weight excluding hydrogens is 358 g/mol. The van der Waals surface area contributed by atoms with Gasteiger partial charge in [-0.05, 0) is 43.2 Å². The number of carbonyl (C=O) groups excluding carboxylic acids is 1. The van der Waals surface area contributed by atoms with Crippen LogP contribution in [0.15, 0.2) is 42.9 Å². The zero-order valence-corrected chi connectivity index (χ0v) is 15.2. The van der Waals surface area contributed by atoms with E-state index in [1.54, 1.807) is 23.2 Å². The molecule has 2 aromatic heterocycles. The monoisotopic (exact) mass is 379 g/mol. The van der Waals surface area contributed by atoms with Gasteiger partial charge in [0.2, 0.25) is 5.91 Å². The van der Waals surface area contributed by atoms with E-state index >= 15 is 0 Å². The molecule has 1 aromatic carbocycles. The molecule has 3 aromatic rings. The third-order valence-electron chi connectivity index (χ3n) is 5.16. The number of nitrogens with zero attached hydrogens (tertiary/aromatic N) is 4. The molecule has 0 spiro atoms. The van der Waals surface area contributed by atoms with Crippen LogP contribution in [0.5, 0.6) is 5.75 Å². The Hall–Kier alpha value is -3.26. The summed E-state index contributed by atoms with van der Waals surface area (Å²) >= 11 is 0. The van der Waals surface area contributed by atoms with E-state index in [-0.39, 0.29) is 17.6 Å². The van der Waals surface area contributed by atoms with Gasteiger partial charge >= 0.3 is 0 Å². The topological polar surface area (TPSA) is 115 Å². The van der Waals surface area contributed by atoms with Gasteiger partial charge < -0.3 is 15.1 Å². The summed E-state index contributed by atoms with van der Waals surface area (Å²) in [5.41, 5.74) is 4.32. The van der Waals surface area contributed by atoms with Gasteiger partial charge in [0.15, 0.2) is 0 Å². The molecule has 0 bridgehead atoms. The number of hydrogen-bond acceptors (Lipinski definition) is 6. The number of phenolic OH excluding ortho intramolecular Hbond substituents is 1. The van der Waals surface area contributed by atoms with E-state index in [1.807, 2.05) is 18.2 Å². The summed E-state index contributed by atoms with van der Waals surface area (Å²) in [7, 11) is 0. The molecule has 1 aliphatic rings. The number of amides is 1. The minimum absolute atomic E-state index is 0.198. The predicted octanol–water partition coefficient (Wildman–Crippen LogP) is 1.94. The van der Waals surface area contributed by atoms with Crippen LogP contribution in [0.3, 0.4) is 0 Å². The van der Waals surface area contributed by atoms with Gasteiger partial charge in [0.05, 0.1) is 5.69 Å². The molecule has 0 atom stereocenters. The minimum Gasteiger partial charge on any atom is -0.508 e. The lowest BCUT2D eigenvalue weighted by molar-refractivity contribution is -0.135. The van der Waals surface area contributed by atoms with E-state index in [0.29, 0.717) is 13.1 Å². The maximum absolute atomic E-state index is 11.7. The molecule has 3 N–H and O–H groups in total. The highest BCUT2D eigenvalue weighted by Gasteiger charge is 2.28. The van der Waals surface area contributed by atoms with Gasteiger partial charge in [-0.25, -0.2) is 9.97 Å². The molecule has 4 rings (SSSR count). The van der Waals surface area contributed by atoms with Crippen LogP contribution in [0.1, 0.15) is 24.5 Å². The van der Waals surface area contributed by atoms with Crippen molar-refractivity contribution in [3.63, 3.8) is 0 Å². The van der Waals surface area contributed by atoms with E-state index in [9.17, 15) is 9.90 Å². The number of likely N-dealkylation sites (tertiary alicyclic amines) is 1. The molecule has 28 heavy (non-hydrogen) atoms. The van der Waals surface area contributed by atoms with Crippen LogP contribution in [0.2, 0.25) is 0 Å². The van der Waals surface area contributed by atoms with Crippen LogP contribution in [0, 0.1) is 0 Å². The number of carbonyl (C=O) groups is 1. The van der Waals surface area contributed by atoms with Gasteiger partial charge in [-0.2, -0.15) is 5.10 Å². The van der Waals surface area contributed by atoms with Crippen molar-refractivity contribution >= 4 is 5.91 Å². The Kier molecular flexibility index (Phi) is 5.03. The number of rotatable bonds is 4. The van der Waals surface area contributed by atoms with Crippen LogP contribution < -0.4 is 0 Å². The Morgan fingerprint density at radius 3 is 2.57 bits per heavy atom. The van der Waals surface area contributed by atoms with Gasteiger partial charge in [0.25, 0.3) is 0 Å². The fraction of sp³-hybridized carbons (Fsp3) is 0.300. The van der Waals surface area contributed by atoms with Crippen molar-refractivity contribution in [2.75, 3.05) is 19.7 Å². The number of nitrogens with one attached hydrogen (secondary N) is 1. The van der Waals surface area contributed by atoms with Crippen molar-refractivity contribution in [3.8, 4) is 28.3 Å². The number of aromatic amines is 1. The second-order valence-electron chi connectivity index (χ2n) is 6.82. The number of aromatic nitrogens is 4. The molecule has 0 saturated carbocycles. The number of aromatic hydroxyl groups is 1. The Morgan fingerprint density at radius 2 is 1.93 bits per heavy atom. The lowest BCUT2D eigenvalue weighted by Crippen LogP contribution is -2.39. The number of piperidine rings is 1. The van der Waals surface area contributed by atoms with Crippen LogP contribution in [0.25, 0.3) is 22.5 Å². The fourth-order valence-electron chi connectivity index (χ4n) is 3.69. The lowest BCUT2D eigenvalue weighted by Gasteiger charge is -2.31. The minimum atomic E-state index is -0.452. The van der Waals surface area contributed by atoms with Crippen LogP contribution in [-0.4, -0.2) is 60.9 Å². The summed E-state index contributed by atoms with van der Waals surface area (Å²) in [6.45, 7) is 0.744. The molecule has 1 saturated heterocycles. The van der Waals surface area contributed by atoms with E-state index in [1.165, 1.54) is 6.33 Å². The predicted molar refractivity (Wildman–Crippen MR) is 102 cm³/mol. The molecule has 0 aliphatic carbocycles. The largest absolute Gasteiger partial charge is 0.508 e. The number of hydrogen-bond donors (Lipinski definition) is 3. The molecular formula is C20H21N5O3. The van der Waals surface area contributed by atoms with Crippen molar-refractivity contribution in [1.29, 1.82) is 0 Å². The molecule has 0 unspecified atom stereocenters. The number of benzene rings is 1. The molecule has 0 radical (unpaired) electrons. The summed E-state index contributed by atoms with van der Waals surface area (Å²) < 4.78 is 0. The van der Waals surface area contributed by atoms with E-state index in [4.69, 9.17) is 5.11 Å². The standard InChI is InChI=1S/C20H21N5O3/c26-11-17(28)25-9-6-14(7-10-25)20-18(16-5-8-21-12-22-16)19(23-24-20)13-1-3-15(27)4-2-13/h1-5,8,12,14,26-27H,6-7,9-11H2,(H,23,24). The van der Waals surface area contributed by atoms with Gasteiger partial charge in [-0.15, -0.1) is 0 Å². The lowest BCUT2D eigenvalue weighted by atomic mass is 9.89. The molecule has 1 fully saturated rings. The van der Waals surface area contributed by atoms with Crippen molar-refractivity contribution in [3.05, 3.63) is 48.5 Å². The van der Waals surface area contributed by atoms with Crippen LogP contribution in [0.4, 0.5) is 0 Å². The summed E-state index contributed by atoms with van der Waals surface area (Å²) in [4.78, 5) is 21.9. The maximum atomic E-state index is 11.7. The fourth-order valence-corrected chi connectivity index (χ4v) is 3.69. The van der Waals surface area contributed by atoms with E-state index < -0.39 is 6.61 Å². The molecule has 3 heterocycles. The molecule has 8 nitrogen and oxygen atoms in total. The zero-order chi connectivity index (χ0) is 19.5. The SMILES string of the molecule is O=C(CO)N1CCC(c2[nH]nc(-c3ccc(O)cc3)c2-c2ccncn2)CC1. The third kappa shape index (κ3) is 3.46. The maximum Gasteiger partial charge on any atom is 0.248 e. The first kappa shape index (κ1) is 18.1. The first-order valence-corrected chi connectivity index (χ1v) is 9.20. The van der Waals surface area contributed by atoms with E-state index in [0.717, 1.165) is 41.1 Å². The number of aliphatic hydroxyl groups excluding tert-OH is 1. The average Bonchev–Trinajstić information content (AvgIpc) is 3.19. The van der Waals surface area contributed by atoms with Crippen molar-refractivity contribution in [2.24, 2.45) is 0 Å². The van der Waals surface area contributed by atoms with Gasteiger partial charge in [0.1, 0.15) is 24.4 Å². The number of H-pyrrole nitrogens is 1. The Morgan fingerprint density at radius 1 is 1.18 bits per heavy atom. The normalized spacial score (nSPS) is 15.0. The van der Waals surface area contributed by atoms with Gasteiger partial charge in [-0.1, -0.05) is 0 Å². The summed E-state index contributed by atoms with van der Waals surface area (Å²) in [5.74, 6) is 0.166. The van der Waals surface area contributed by atoms with E-state index in [2.05, 4.69) is 20.2 Å². The highest BCUT2D eigenvalue weighted by molar-refractivity contribution is 5.81. The zero-order valence-electron chi connectivity index (χ0n) is 15.2. The van der Waals surface area contributed by atoms with Crippen molar-refractivity contribution < 1.29 is 15.0 Å². The quantitative estimate of drug-likeness (QED) is 0.638. The first-order valence-electron chi connectivity index (χ1n) is 9.20. The van der Waals surface area contributed by atoms with Crippen LogP contribution in [-0.2, 0) is 4.79 Å². The third-order valence-corrected chi connectivity index (χ3v) is 5.16. The Labute approximate surface area is 161 Å². The summed E-state index contributed by atoms with van der Waals surface area (Å²) in [6.07, 6.45) is 4.76. The second-order valence-corrected chi connectivity index (χ2v) is 6.82. The Balaban J connectivity index is 1.70. The Bertz CT molecular complexity index is 948. The second kappa shape index (κ2) is 7.77. The smallest absolute Gasteiger partial charge is 0.248 e. The van der Waals surface area contributed by atoms with Gasteiger partial charge in [-0.3, -0.25) is 9.89 Å². The molecule has 1 amide bonds. The number of phenols is 1. The van der Waals surface area contributed by atoms with Crippen molar-refractivity contribution in [2.45, 2.75) is 18.8 Å². The summed E-state index contributed by atoms with van der Waals surface area (Å²) in [5, 5.41) is 26.4. The molecule has 144 valence electrons. The van der Waals surface area contributed by atoms with Crippen molar-refractivity contribution in [1.82, 2.24) is 25.1 Å². The highest BCUT2D eigenvalue weighted by Crippen LogP contribution is 2.39. The highest BCUT2D eigenvalue weighted by atomic mass is 16.3.